The Morgan fingerprint density at radius 3 is 2.24 bits per heavy atom. The molecule has 1 aromatic rings. The van der Waals surface area contributed by atoms with Crippen LogP contribution in [0.5, 0.6) is 0 Å². The number of sulfonamides is 1. The number of nitrogens with one attached hydrogen (secondary N) is 3. The lowest BCUT2D eigenvalue weighted by Gasteiger charge is -2.37. The highest BCUT2D eigenvalue weighted by Gasteiger charge is 2.48. The Balaban J connectivity index is 1.35. The minimum absolute atomic E-state index is 0.0424. The zero-order chi connectivity index (χ0) is 36.5. The Morgan fingerprint density at radius 2 is 1.66 bits per heavy atom. The molecule has 278 valence electrons. The van der Waals surface area contributed by atoms with Gasteiger partial charge in [-0.05, 0) is 66.2 Å². The molecule has 5 atom stereocenters. The fourth-order valence-corrected chi connectivity index (χ4v) is 10.7. The van der Waals surface area contributed by atoms with E-state index in [2.05, 4.69) is 16.0 Å². The summed E-state index contributed by atoms with van der Waals surface area (Å²) in [7, 11) is -3.68. The Labute approximate surface area is 299 Å². The van der Waals surface area contributed by atoms with Crippen molar-refractivity contribution in [3.8, 4) is 0 Å². The van der Waals surface area contributed by atoms with Gasteiger partial charge in [0.2, 0.25) is 27.6 Å². The first kappa shape index (κ1) is 38.2. The number of nitrogens with zero attached hydrogens (tertiary/aromatic N) is 2. The number of carbonyl (C=O) groups excluding carboxylic acids is 5. The summed E-state index contributed by atoms with van der Waals surface area (Å²) in [6.45, 7) is 10.4. The van der Waals surface area contributed by atoms with Crippen LogP contribution < -0.4 is 21.7 Å². The molecule has 0 radical (unpaired) electrons. The molecule has 3 fully saturated rings. The van der Waals surface area contributed by atoms with Crippen molar-refractivity contribution in [2.24, 2.45) is 34.8 Å². The van der Waals surface area contributed by atoms with Crippen molar-refractivity contribution in [2.75, 3.05) is 13.1 Å². The van der Waals surface area contributed by atoms with Crippen molar-refractivity contribution in [1.29, 1.82) is 0 Å². The van der Waals surface area contributed by atoms with Crippen LogP contribution in [0.3, 0.4) is 0 Å². The van der Waals surface area contributed by atoms with Gasteiger partial charge in [0, 0.05) is 30.6 Å². The van der Waals surface area contributed by atoms with Gasteiger partial charge in [0.05, 0.1) is 10.9 Å². The zero-order valence-electron chi connectivity index (χ0n) is 29.9. The van der Waals surface area contributed by atoms with Crippen molar-refractivity contribution in [1.82, 2.24) is 25.2 Å². The lowest BCUT2D eigenvalue weighted by Crippen LogP contribution is -2.61. The molecule has 1 unspecified atom stereocenters. The first-order valence-corrected chi connectivity index (χ1v) is 20.4. The molecule has 2 aliphatic carbocycles. The largest absolute Gasteiger partial charge is 0.363 e. The van der Waals surface area contributed by atoms with Crippen molar-refractivity contribution in [2.45, 2.75) is 128 Å². The van der Waals surface area contributed by atoms with E-state index in [0.717, 1.165) is 49.8 Å². The highest BCUT2D eigenvalue weighted by molar-refractivity contribution is 7.89. The van der Waals surface area contributed by atoms with Gasteiger partial charge in [-0.1, -0.05) is 66.7 Å². The van der Waals surface area contributed by atoms with Crippen LogP contribution in [0.2, 0.25) is 0 Å². The Hall–Kier alpha value is -3.04. The first-order valence-electron chi connectivity index (χ1n) is 18.1. The van der Waals surface area contributed by atoms with Gasteiger partial charge >= 0.3 is 6.03 Å². The highest BCUT2D eigenvalue weighted by Crippen LogP contribution is 2.37. The molecule has 5 amide bonds. The number of amides is 5. The number of ketones is 1. The van der Waals surface area contributed by atoms with E-state index in [4.69, 9.17) is 5.73 Å². The zero-order valence-corrected chi connectivity index (χ0v) is 31.5. The van der Waals surface area contributed by atoms with Gasteiger partial charge in [-0.25, -0.2) is 13.2 Å². The number of thiophene rings is 1. The number of likely N-dealkylation sites (tertiary alicyclic amines) is 1. The lowest BCUT2D eigenvalue weighted by molar-refractivity contribution is -0.144. The third-order valence-corrected chi connectivity index (χ3v) is 14.0. The highest BCUT2D eigenvalue weighted by atomic mass is 32.2. The predicted octanol–water partition coefficient (Wildman–Crippen LogP) is 3.13. The molecule has 4 aliphatic rings. The SMILES string of the molecule is CC(C)[C@H]1CCN(C(=O)[C@@H](NC(=O)N[C@H](CN2Cc3sccc3S2(=O)=O)C(C)(C)C)C2CCCCC2)[C@@H]1C(=O)NC(CC1CC1)C(=O)C(N)=O. The lowest BCUT2D eigenvalue weighted by atomic mass is 9.82. The number of carbonyl (C=O) groups is 5. The summed E-state index contributed by atoms with van der Waals surface area (Å²) in [5, 5.41) is 10.5. The van der Waals surface area contributed by atoms with Gasteiger partial charge in [0.15, 0.2) is 0 Å². The number of hydrogen-bond acceptors (Lipinski definition) is 8. The van der Waals surface area contributed by atoms with Gasteiger partial charge in [-0.3, -0.25) is 19.2 Å². The van der Waals surface area contributed by atoms with Crippen molar-refractivity contribution in [3.63, 3.8) is 0 Å². The van der Waals surface area contributed by atoms with E-state index in [1.54, 1.807) is 16.3 Å². The average Bonchev–Trinajstić information content (AvgIpc) is 3.45. The summed E-state index contributed by atoms with van der Waals surface area (Å²) in [4.78, 5) is 69.6. The maximum atomic E-state index is 14.6. The van der Waals surface area contributed by atoms with Crippen LogP contribution in [0.4, 0.5) is 4.79 Å². The first-order chi connectivity index (χ1) is 23.5. The number of hydrogen-bond donors (Lipinski definition) is 4. The van der Waals surface area contributed by atoms with E-state index in [1.165, 1.54) is 15.6 Å². The molecule has 3 heterocycles. The normalized spacial score (nSPS) is 24.3. The molecule has 0 spiro atoms. The van der Waals surface area contributed by atoms with E-state index in [1.807, 2.05) is 34.6 Å². The number of primary amides is 1. The molecule has 2 saturated carbocycles. The Morgan fingerprint density at radius 1 is 0.980 bits per heavy atom. The van der Waals surface area contributed by atoms with Gasteiger partial charge in [0.1, 0.15) is 12.1 Å². The van der Waals surface area contributed by atoms with Crippen LogP contribution in [0, 0.1) is 29.1 Å². The monoisotopic (exact) mass is 734 g/mol. The molecule has 13 nitrogen and oxygen atoms in total. The quantitative estimate of drug-likeness (QED) is 0.224. The molecule has 1 aromatic heterocycles. The predicted molar refractivity (Wildman–Crippen MR) is 189 cm³/mol. The van der Waals surface area contributed by atoms with Crippen LogP contribution in [0.25, 0.3) is 0 Å². The van der Waals surface area contributed by atoms with Crippen molar-refractivity contribution >= 4 is 50.9 Å². The summed E-state index contributed by atoms with van der Waals surface area (Å²) in [6.07, 6.45) is 7.07. The average molecular weight is 735 g/mol. The minimum atomic E-state index is -3.68. The minimum Gasteiger partial charge on any atom is -0.363 e. The van der Waals surface area contributed by atoms with E-state index in [9.17, 15) is 32.4 Å². The van der Waals surface area contributed by atoms with Gasteiger partial charge < -0.3 is 26.6 Å². The summed E-state index contributed by atoms with van der Waals surface area (Å²) >= 11 is 1.39. The Bertz CT molecular complexity index is 1560. The van der Waals surface area contributed by atoms with Crippen LogP contribution in [-0.2, 0) is 35.7 Å². The molecule has 50 heavy (non-hydrogen) atoms. The molecule has 5 rings (SSSR count). The molecule has 0 aromatic carbocycles. The second-order valence-electron chi connectivity index (χ2n) is 16.1. The fraction of sp³-hybridized carbons (Fsp3) is 0.743. The van der Waals surface area contributed by atoms with Gasteiger partial charge in [-0.2, -0.15) is 4.31 Å². The number of fused-ring (bicyclic) bond motifs is 1. The third kappa shape index (κ3) is 8.52. The molecule has 5 N–H and O–H groups in total. The van der Waals surface area contributed by atoms with Crippen molar-refractivity contribution in [3.05, 3.63) is 16.3 Å². The van der Waals surface area contributed by atoms with E-state index >= 15 is 0 Å². The summed E-state index contributed by atoms with van der Waals surface area (Å²) in [6, 6.07) is -2.37. The van der Waals surface area contributed by atoms with Crippen LogP contribution in [-0.4, -0.2) is 84.4 Å². The van der Waals surface area contributed by atoms with E-state index in [0.29, 0.717) is 24.3 Å². The van der Waals surface area contributed by atoms with E-state index in [-0.39, 0.29) is 42.7 Å². The maximum absolute atomic E-state index is 14.6. The second-order valence-corrected chi connectivity index (χ2v) is 19.0. The summed E-state index contributed by atoms with van der Waals surface area (Å²) in [5.74, 6) is -2.85. The molecule has 1 saturated heterocycles. The Kier molecular flexibility index (Phi) is 11.7. The molecule has 15 heteroatoms. The van der Waals surface area contributed by atoms with Crippen LogP contribution in [0.1, 0.15) is 97.3 Å². The number of rotatable bonds is 13. The van der Waals surface area contributed by atoms with Crippen LogP contribution in [0.15, 0.2) is 16.3 Å². The van der Waals surface area contributed by atoms with Gasteiger partial charge in [-0.15, -0.1) is 11.3 Å². The maximum Gasteiger partial charge on any atom is 0.315 e. The smallest absolute Gasteiger partial charge is 0.315 e. The molecular weight excluding hydrogens is 681 g/mol. The standard InChI is InChI=1S/C35H54N6O7S2/c1-20(2)23-13-15-41(29(23)32(44)37-24(17-21-11-12-21)30(42)31(36)43)33(45)28(22-9-7-6-8-10-22)39-34(46)38-27(35(3,4)5)19-40-18-25-26(14-16-49-25)50(40,47)48/h14,16,20-24,27-29H,6-13,15,17-19H2,1-5H3,(H2,36,43)(H,37,44)(H2,38,39,46)/t23-,24?,27-,28+,29+/m1/s1. The third-order valence-electron chi connectivity index (χ3n) is 11.0. The topological polar surface area (TPSA) is 188 Å². The molecule has 0 bridgehead atoms. The molecule has 2 aliphatic heterocycles. The number of Topliss-reactive ketones (excluding diaryl/α,β-unsaturated/α-hetero) is 1. The van der Waals surface area contributed by atoms with Gasteiger partial charge in [0.25, 0.3) is 5.91 Å². The summed E-state index contributed by atoms with van der Waals surface area (Å²) in [5.41, 5.74) is 4.82. The van der Waals surface area contributed by atoms with Crippen LogP contribution >= 0.6 is 11.3 Å². The fourth-order valence-electron chi connectivity index (χ4n) is 7.77. The molecular formula is C35H54N6O7S2. The second kappa shape index (κ2) is 15.3. The van der Waals surface area contributed by atoms with E-state index < -0.39 is 63.2 Å². The summed E-state index contributed by atoms with van der Waals surface area (Å²) < 4.78 is 27.9. The number of nitrogens with two attached hydrogens (primary N) is 1. The van der Waals surface area contributed by atoms with Crippen molar-refractivity contribution < 1.29 is 32.4 Å². The number of urea groups is 1.